The van der Waals surface area contributed by atoms with Crippen LogP contribution in [0.3, 0.4) is 0 Å². The van der Waals surface area contributed by atoms with Gasteiger partial charge in [-0.1, -0.05) is 0 Å². The molecular weight excluding hydrogens is 240 g/mol. The second kappa shape index (κ2) is 5.50. The summed E-state index contributed by atoms with van der Waals surface area (Å²) in [5.41, 5.74) is 6.95. The molecule has 2 aromatic heterocycles. The second-order valence-corrected chi connectivity index (χ2v) is 4.87. The Labute approximate surface area is 112 Å². The predicted molar refractivity (Wildman–Crippen MR) is 71.1 cm³/mol. The van der Waals surface area contributed by atoms with Gasteiger partial charge in [-0.2, -0.15) is 0 Å². The van der Waals surface area contributed by atoms with Gasteiger partial charge in [-0.3, -0.25) is 4.90 Å². The first-order valence-corrected chi connectivity index (χ1v) is 6.62. The van der Waals surface area contributed by atoms with Crippen molar-refractivity contribution in [2.24, 2.45) is 5.73 Å². The fourth-order valence-corrected chi connectivity index (χ4v) is 2.41. The van der Waals surface area contributed by atoms with Gasteiger partial charge in [0.2, 0.25) is 0 Å². The highest BCUT2D eigenvalue weighted by Gasteiger charge is 2.35. The van der Waals surface area contributed by atoms with Crippen molar-refractivity contribution < 1.29 is 4.42 Å². The molecule has 0 radical (unpaired) electrons. The highest BCUT2D eigenvalue weighted by atomic mass is 16.3. The van der Waals surface area contributed by atoms with Crippen LogP contribution in [0.25, 0.3) is 0 Å². The summed E-state index contributed by atoms with van der Waals surface area (Å²) in [5, 5.41) is 0. The lowest BCUT2D eigenvalue weighted by atomic mass is 10.1. The van der Waals surface area contributed by atoms with Crippen LogP contribution in [0.5, 0.6) is 0 Å². The molecule has 0 saturated heterocycles. The number of hydrogen-bond acceptors (Lipinski definition) is 5. The highest BCUT2D eigenvalue weighted by Crippen LogP contribution is 2.34. The van der Waals surface area contributed by atoms with Gasteiger partial charge in [0.05, 0.1) is 24.5 Å². The molecule has 0 bridgehead atoms. The van der Waals surface area contributed by atoms with E-state index in [1.807, 2.05) is 18.2 Å². The normalized spacial score (nSPS) is 16.7. The molecule has 1 aliphatic carbocycles. The zero-order valence-electron chi connectivity index (χ0n) is 10.8. The molecule has 100 valence electrons. The number of furan rings is 1. The Hall–Kier alpha value is -1.72. The molecule has 2 heterocycles. The van der Waals surface area contributed by atoms with Gasteiger partial charge in [0.15, 0.2) is 0 Å². The van der Waals surface area contributed by atoms with Gasteiger partial charge in [-0.15, -0.1) is 0 Å². The van der Waals surface area contributed by atoms with Crippen LogP contribution in [0, 0.1) is 0 Å². The van der Waals surface area contributed by atoms with E-state index >= 15 is 0 Å². The first-order valence-electron chi connectivity index (χ1n) is 6.62. The smallest absolute Gasteiger partial charge is 0.117 e. The largest absolute Gasteiger partial charge is 0.468 e. The molecule has 0 amide bonds. The standard InChI is InChI=1S/C14H18N4O/c15-8-14(13-5-6-16-10-17-13)18(11-3-4-11)9-12-2-1-7-19-12/h1-2,5-7,10-11,14H,3-4,8-9,15H2. The van der Waals surface area contributed by atoms with Crippen molar-refractivity contribution in [3.8, 4) is 0 Å². The Kier molecular flexibility index (Phi) is 3.57. The quantitative estimate of drug-likeness (QED) is 0.854. The van der Waals surface area contributed by atoms with Crippen LogP contribution in [-0.2, 0) is 6.54 Å². The average molecular weight is 258 g/mol. The molecule has 1 atom stereocenters. The summed E-state index contributed by atoms with van der Waals surface area (Å²) >= 11 is 0. The molecule has 19 heavy (non-hydrogen) atoms. The molecule has 1 aliphatic rings. The fourth-order valence-electron chi connectivity index (χ4n) is 2.41. The number of nitrogens with two attached hydrogens (primary N) is 1. The monoisotopic (exact) mass is 258 g/mol. The number of aromatic nitrogens is 2. The summed E-state index contributed by atoms with van der Waals surface area (Å²) in [6, 6.07) is 6.58. The van der Waals surface area contributed by atoms with Gasteiger partial charge in [-0.05, 0) is 31.0 Å². The van der Waals surface area contributed by atoms with Crippen LogP contribution in [0.4, 0.5) is 0 Å². The van der Waals surface area contributed by atoms with E-state index in [1.165, 1.54) is 12.8 Å². The Bertz CT molecular complexity index is 495. The Morgan fingerprint density at radius 3 is 2.89 bits per heavy atom. The van der Waals surface area contributed by atoms with E-state index in [2.05, 4.69) is 14.9 Å². The van der Waals surface area contributed by atoms with Crippen LogP contribution in [-0.4, -0.2) is 27.5 Å². The molecule has 5 nitrogen and oxygen atoms in total. The van der Waals surface area contributed by atoms with E-state index in [-0.39, 0.29) is 6.04 Å². The molecule has 1 saturated carbocycles. The van der Waals surface area contributed by atoms with Crippen LogP contribution in [0.15, 0.2) is 41.4 Å². The van der Waals surface area contributed by atoms with Gasteiger partial charge in [0, 0.05) is 18.8 Å². The molecule has 2 N–H and O–H groups in total. The molecule has 3 rings (SSSR count). The van der Waals surface area contributed by atoms with Crippen LogP contribution < -0.4 is 5.73 Å². The summed E-state index contributed by atoms with van der Waals surface area (Å²) in [4.78, 5) is 10.7. The second-order valence-electron chi connectivity index (χ2n) is 4.87. The van der Waals surface area contributed by atoms with Crippen molar-refractivity contribution in [2.75, 3.05) is 6.54 Å². The lowest BCUT2D eigenvalue weighted by molar-refractivity contribution is 0.165. The minimum Gasteiger partial charge on any atom is -0.468 e. The van der Waals surface area contributed by atoms with E-state index in [1.54, 1.807) is 18.8 Å². The Morgan fingerprint density at radius 2 is 2.32 bits per heavy atom. The fraction of sp³-hybridized carbons (Fsp3) is 0.429. The van der Waals surface area contributed by atoms with Gasteiger partial charge in [0.1, 0.15) is 12.1 Å². The third-order valence-corrected chi connectivity index (χ3v) is 3.50. The zero-order chi connectivity index (χ0) is 13.1. The Balaban J connectivity index is 1.81. The molecular formula is C14H18N4O. The molecule has 0 aromatic carbocycles. The van der Waals surface area contributed by atoms with Crippen molar-refractivity contribution in [3.63, 3.8) is 0 Å². The minimum atomic E-state index is 0.126. The Morgan fingerprint density at radius 1 is 1.42 bits per heavy atom. The zero-order valence-corrected chi connectivity index (χ0v) is 10.8. The average Bonchev–Trinajstić information content (AvgIpc) is 3.17. The van der Waals surface area contributed by atoms with E-state index in [0.29, 0.717) is 12.6 Å². The molecule has 0 spiro atoms. The van der Waals surface area contributed by atoms with Crippen molar-refractivity contribution >= 4 is 0 Å². The van der Waals surface area contributed by atoms with Gasteiger partial charge in [-0.25, -0.2) is 9.97 Å². The first kappa shape index (κ1) is 12.3. The summed E-state index contributed by atoms with van der Waals surface area (Å²) in [6.45, 7) is 1.33. The molecule has 5 heteroatoms. The maximum Gasteiger partial charge on any atom is 0.117 e. The van der Waals surface area contributed by atoms with Gasteiger partial charge in [0.25, 0.3) is 0 Å². The maximum atomic E-state index is 5.97. The lowest BCUT2D eigenvalue weighted by Crippen LogP contribution is -2.35. The molecule has 2 aromatic rings. The third kappa shape index (κ3) is 2.83. The lowest BCUT2D eigenvalue weighted by Gasteiger charge is -2.29. The van der Waals surface area contributed by atoms with E-state index in [4.69, 9.17) is 10.2 Å². The number of hydrogen-bond donors (Lipinski definition) is 1. The molecule has 1 fully saturated rings. The van der Waals surface area contributed by atoms with Crippen molar-refractivity contribution in [1.82, 2.24) is 14.9 Å². The van der Waals surface area contributed by atoms with Crippen molar-refractivity contribution in [3.05, 3.63) is 48.4 Å². The SMILES string of the molecule is NCC(c1ccncn1)N(Cc1ccco1)C1CC1. The predicted octanol–water partition coefficient (Wildman–Crippen LogP) is 1.73. The van der Waals surface area contributed by atoms with Crippen molar-refractivity contribution in [1.29, 1.82) is 0 Å². The van der Waals surface area contributed by atoms with E-state index in [0.717, 1.165) is 18.0 Å². The maximum absolute atomic E-state index is 5.97. The van der Waals surface area contributed by atoms with E-state index in [9.17, 15) is 0 Å². The van der Waals surface area contributed by atoms with Crippen LogP contribution >= 0.6 is 0 Å². The topological polar surface area (TPSA) is 68.2 Å². The van der Waals surface area contributed by atoms with Gasteiger partial charge < -0.3 is 10.2 Å². The summed E-state index contributed by atoms with van der Waals surface area (Å²) in [5.74, 6) is 0.972. The van der Waals surface area contributed by atoms with Gasteiger partial charge >= 0.3 is 0 Å². The third-order valence-electron chi connectivity index (χ3n) is 3.50. The van der Waals surface area contributed by atoms with Crippen LogP contribution in [0.1, 0.15) is 30.3 Å². The van der Waals surface area contributed by atoms with E-state index < -0.39 is 0 Å². The summed E-state index contributed by atoms with van der Waals surface area (Å²) in [6.07, 6.45) is 7.51. The number of rotatable bonds is 6. The molecule has 1 unspecified atom stereocenters. The summed E-state index contributed by atoms with van der Waals surface area (Å²) < 4.78 is 5.46. The first-order chi connectivity index (χ1) is 9.38. The molecule has 0 aliphatic heterocycles. The number of nitrogens with zero attached hydrogens (tertiary/aromatic N) is 3. The minimum absolute atomic E-state index is 0.126. The van der Waals surface area contributed by atoms with Crippen molar-refractivity contribution in [2.45, 2.75) is 31.5 Å². The highest BCUT2D eigenvalue weighted by molar-refractivity contribution is 5.09. The summed E-state index contributed by atoms with van der Waals surface area (Å²) in [7, 11) is 0. The van der Waals surface area contributed by atoms with Crippen LogP contribution in [0.2, 0.25) is 0 Å².